The van der Waals surface area contributed by atoms with Crippen LogP contribution in [0.25, 0.3) is 0 Å². The Morgan fingerprint density at radius 2 is 1.72 bits per heavy atom. The van der Waals surface area contributed by atoms with Gasteiger partial charge in [0.15, 0.2) is 11.5 Å². The summed E-state index contributed by atoms with van der Waals surface area (Å²) in [5.41, 5.74) is 3.41. The number of hydrogen-bond acceptors (Lipinski definition) is 4. The first-order valence-corrected chi connectivity index (χ1v) is 9.88. The van der Waals surface area contributed by atoms with E-state index in [9.17, 15) is 4.79 Å². The molecule has 3 aromatic carbocycles. The van der Waals surface area contributed by atoms with E-state index in [-0.39, 0.29) is 12.1 Å². The van der Waals surface area contributed by atoms with Crippen LogP contribution >= 0.6 is 11.6 Å². The van der Waals surface area contributed by atoms with Gasteiger partial charge in [0.05, 0.1) is 0 Å². The van der Waals surface area contributed by atoms with Gasteiger partial charge in [0.25, 0.3) is 5.91 Å². The van der Waals surface area contributed by atoms with Crippen molar-refractivity contribution in [2.75, 3.05) is 18.5 Å². The van der Waals surface area contributed by atoms with Crippen molar-refractivity contribution in [2.24, 2.45) is 0 Å². The fourth-order valence-corrected chi connectivity index (χ4v) is 3.99. The summed E-state index contributed by atoms with van der Waals surface area (Å²) < 4.78 is 11.3. The number of nitrogens with zero attached hydrogens (tertiary/aromatic N) is 1. The lowest BCUT2D eigenvalue weighted by Crippen LogP contribution is -2.32. The minimum Gasteiger partial charge on any atom is -0.486 e. The summed E-state index contributed by atoms with van der Waals surface area (Å²) in [4.78, 5) is 15.0. The smallest absolute Gasteiger partial charge is 0.256 e. The van der Waals surface area contributed by atoms with Crippen molar-refractivity contribution in [3.8, 4) is 11.5 Å². The Labute approximate surface area is 173 Å². The Hall–Kier alpha value is -3.18. The minimum absolute atomic E-state index is 0.0180. The molecule has 0 fully saturated rings. The molecule has 1 atom stereocenters. The molecule has 2 aliphatic heterocycles. The summed E-state index contributed by atoms with van der Waals surface area (Å²) in [6.45, 7) is 1.49. The zero-order valence-electron chi connectivity index (χ0n) is 15.6. The van der Waals surface area contributed by atoms with Crippen LogP contribution in [0.5, 0.6) is 11.5 Å². The Bertz CT molecular complexity index is 1090. The number of carbonyl (C=O) groups excluding carboxylic acids is 1. The Balaban J connectivity index is 1.49. The van der Waals surface area contributed by atoms with Gasteiger partial charge in [0, 0.05) is 34.4 Å². The topological polar surface area (TPSA) is 50.8 Å². The van der Waals surface area contributed by atoms with E-state index in [1.807, 2.05) is 71.6 Å². The van der Waals surface area contributed by atoms with Gasteiger partial charge in [-0.2, -0.15) is 0 Å². The van der Waals surface area contributed by atoms with E-state index < -0.39 is 0 Å². The van der Waals surface area contributed by atoms with E-state index in [2.05, 4.69) is 5.32 Å². The lowest BCUT2D eigenvalue weighted by atomic mass is 10.1. The second kappa shape index (κ2) is 7.33. The van der Waals surface area contributed by atoms with Crippen molar-refractivity contribution in [1.82, 2.24) is 4.90 Å². The molecule has 0 unspecified atom stereocenters. The average molecular weight is 407 g/mol. The molecule has 1 N–H and O–H groups in total. The van der Waals surface area contributed by atoms with Crippen molar-refractivity contribution >= 4 is 23.2 Å². The van der Waals surface area contributed by atoms with Crippen molar-refractivity contribution in [3.05, 3.63) is 88.4 Å². The highest BCUT2D eigenvalue weighted by Gasteiger charge is 2.36. The largest absolute Gasteiger partial charge is 0.486 e. The molecule has 0 spiro atoms. The fraction of sp³-hybridized carbons (Fsp3) is 0.174. The van der Waals surface area contributed by atoms with E-state index in [1.54, 1.807) is 0 Å². The third-order valence-electron chi connectivity index (χ3n) is 5.20. The van der Waals surface area contributed by atoms with Crippen molar-refractivity contribution in [2.45, 2.75) is 12.7 Å². The highest BCUT2D eigenvalue weighted by atomic mass is 35.5. The van der Waals surface area contributed by atoms with E-state index in [4.69, 9.17) is 21.1 Å². The van der Waals surface area contributed by atoms with Gasteiger partial charge in [-0.05, 0) is 29.8 Å². The van der Waals surface area contributed by atoms with Gasteiger partial charge in [0.2, 0.25) is 0 Å². The summed E-state index contributed by atoms with van der Waals surface area (Å²) in [7, 11) is 0. The third-order valence-corrected chi connectivity index (χ3v) is 5.57. The van der Waals surface area contributed by atoms with Crippen molar-refractivity contribution < 1.29 is 14.3 Å². The second-order valence-corrected chi connectivity index (χ2v) is 7.42. The Morgan fingerprint density at radius 1 is 0.966 bits per heavy atom. The van der Waals surface area contributed by atoms with Crippen LogP contribution in [0.4, 0.5) is 5.69 Å². The lowest BCUT2D eigenvalue weighted by molar-refractivity contribution is 0.0729. The van der Waals surface area contributed by atoms with Crippen molar-refractivity contribution in [3.63, 3.8) is 0 Å². The summed E-state index contributed by atoms with van der Waals surface area (Å²) in [6, 6.07) is 21.0. The molecule has 0 saturated heterocycles. The fourth-order valence-electron chi connectivity index (χ4n) is 3.79. The number of anilines is 1. The predicted molar refractivity (Wildman–Crippen MR) is 112 cm³/mol. The van der Waals surface area contributed by atoms with Crippen LogP contribution in [-0.2, 0) is 6.54 Å². The Morgan fingerprint density at radius 3 is 2.59 bits per heavy atom. The molecule has 5 nitrogen and oxygen atoms in total. The molecule has 0 saturated carbocycles. The number of rotatable bonds is 4. The van der Waals surface area contributed by atoms with Gasteiger partial charge in [-0.1, -0.05) is 48.0 Å². The molecule has 0 radical (unpaired) electrons. The number of hydrogen-bond donors (Lipinski definition) is 1. The molecule has 1 amide bonds. The first-order valence-electron chi connectivity index (χ1n) is 9.50. The van der Waals surface area contributed by atoms with Gasteiger partial charge in [0.1, 0.15) is 19.4 Å². The summed E-state index contributed by atoms with van der Waals surface area (Å²) in [5.74, 6) is 1.42. The van der Waals surface area contributed by atoms with Gasteiger partial charge in [-0.3, -0.25) is 4.79 Å². The number of amides is 1. The van der Waals surface area contributed by atoms with Crippen LogP contribution in [0.15, 0.2) is 66.7 Å². The first kappa shape index (κ1) is 17.9. The maximum absolute atomic E-state index is 13.1. The first-order chi connectivity index (χ1) is 14.2. The standard InChI is InChI=1S/C23H19ClN2O3/c24-19-8-4-1-5-15(19)14-26-22(17-6-2-3-7-18(17)23(26)27)25-16-9-10-20-21(13-16)29-12-11-28-20/h1-10,13,22,25H,11-12,14H2/t22-/m1/s1. The summed E-state index contributed by atoms with van der Waals surface area (Å²) in [6.07, 6.45) is -0.308. The third kappa shape index (κ3) is 3.28. The van der Waals surface area contributed by atoms with Crippen molar-refractivity contribution in [1.29, 1.82) is 0 Å². The molecule has 0 aromatic heterocycles. The minimum atomic E-state index is -0.308. The van der Waals surface area contributed by atoms with Gasteiger partial charge >= 0.3 is 0 Å². The number of benzene rings is 3. The van der Waals surface area contributed by atoms with E-state index in [1.165, 1.54) is 0 Å². The molecule has 0 bridgehead atoms. The quantitative estimate of drug-likeness (QED) is 0.671. The Kier molecular flexibility index (Phi) is 4.52. The molecular weight excluding hydrogens is 388 g/mol. The van der Waals surface area contributed by atoms with Crippen LogP contribution in [-0.4, -0.2) is 24.0 Å². The SMILES string of the molecule is O=C1c2ccccc2[C@H](Nc2ccc3c(c2)OCCO3)N1Cc1ccccc1Cl. The monoisotopic (exact) mass is 406 g/mol. The molecule has 6 heteroatoms. The average Bonchev–Trinajstić information content (AvgIpc) is 3.01. The summed E-state index contributed by atoms with van der Waals surface area (Å²) >= 11 is 6.36. The highest BCUT2D eigenvalue weighted by molar-refractivity contribution is 6.31. The molecule has 2 heterocycles. The number of fused-ring (bicyclic) bond motifs is 2. The van der Waals surface area contributed by atoms with Gasteiger partial charge in [-0.25, -0.2) is 0 Å². The van der Waals surface area contributed by atoms with Gasteiger partial charge in [-0.15, -0.1) is 0 Å². The van der Waals surface area contributed by atoms with Crippen LogP contribution < -0.4 is 14.8 Å². The highest BCUT2D eigenvalue weighted by Crippen LogP contribution is 2.38. The van der Waals surface area contributed by atoms with Crippen LogP contribution in [0.3, 0.4) is 0 Å². The molecule has 146 valence electrons. The number of ether oxygens (including phenoxy) is 2. The number of carbonyl (C=O) groups is 1. The maximum Gasteiger partial charge on any atom is 0.256 e. The maximum atomic E-state index is 13.1. The number of halogens is 1. The normalized spacial score (nSPS) is 17.2. The zero-order valence-corrected chi connectivity index (χ0v) is 16.4. The molecular formula is C23H19ClN2O3. The van der Waals surface area contributed by atoms with Gasteiger partial charge < -0.3 is 19.7 Å². The molecule has 29 heavy (non-hydrogen) atoms. The van der Waals surface area contributed by atoms with E-state index in [0.717, 1.165) is 22.6 Å². The molecule has 0 aliphatic carbocycles. The zero-order chi connectivity index (χ0) is 19.8. The molecule has 2 aliphatic rings. The van der Waals surface area contributed by atoms with Crippen LogP contribution in [0.2, 0.25) is 5.02 Å². The predicted octanol–water partition coefficient (Wildman–Crippen LogP) is 4.88. The number of nitrogens with one attached hydrogen (secondary N) is 1. The van der Waals surface area contributed by atoms with Crippen LogP contribution in [0.1, 0.15) is 27.7 Å². The molecule has 5 rings (SSSR count). The van der Waals surface area contributed by atoms with Crippen LogP contribution in [0, 0.1) is 0 Å². The lowest BCUT2D eigenvalue weighted by Gasteiger charge is -2.28. The second-order valence-electron chi connectivity index (χ2n) is 7.02. The van der Waals surface area contributed by atoms with E-state index in [0.29, 0.717) is 36.1 Å². The van der Waals surface area contributed by atoms with E-state index >= 15 is 0 Å². The molecule has 3 aromatic rings. The summed E-state index contributed by atoms with van der Waals surface area (Å²) in [5, 5.41) is 4.14.